The van der Waals surface area contributed by atoms with Gasteiger partial charge in [-0.3, -0.25) is 0 Å². The van der Waals surface area contributed by atoms with Crippen molar-refractivity contribution in [1.82, 2.24) is 0 Å². The predicted molar refractivity (Wildman–Crippen MR) is 105 cm³/mol. The molecular weight excluding hydrogens is 360 g/mol. The van der Waals surface area contributed by atoms with Crippen LogP contribution in [0, 0.1) is 13.8 Å². The van der Waals surface area contributed by atoms with Crippen LogP contribution in [0.3, 0.4) is 0 Å². The molecule has 0 fully saturated rings. The zero-order chi connectivity index (χ0) is 20.2. The molecule has 0 atom stereocenters. The van der Waals surface area contributed by atoms with Crippen molar-refractivity contribution in [2.75, 3.05) is 0 Å². The molecule has 0 radical (unpaired) electrons. The molecule has 2 aromatic heterocycles. The van der Waals surface area contributed by atoms with Crippen molar-refractivity contribution in [3.05, 3.63) is 79.5 Å². The molecular formula is C22H18O6. The Kier molecular flexibility index (Phi) is 4.00. The van der Waals surface area contributed by atoms with E-state index < -0.39 is 17.2 Å². The summed E-state index contributed by atoms with van der Waals surface area (Å²) in [5, 5.41) is 22.4. The molecule has 28 heavy (non-hydrogen) atoms. The van der Waals surface area contributed by atoms with E-state index in [-0.39, 0.29) is 33.8 Å². The van der Waals surface area contributed by atoms with Crippen molar-refractivity contribution in [1.29, 1.82) is 0 Å². The van der Waals surface area contributed by atoms with Gasteiger partial charge in [0.2, 0.25) is 0 Å². The van der Waals surface area contributed by atoms with Crippen molar-refractivity contribution in [3.63, 3.8) is 0 Å². The van der Waals surface area contributed by atoms with Gasteiger partial charge in [-0.25, -0.2) is 9.59 Å². The van der Waals surface area contributed by atoms with E-state index in [9.17, 15) is 19.8 Å². The molecule has 0 aliphatic heterocycles. The molecule has 0 aliphatic rings. The van der Waals surface area contributed by atoms with Gasteiger partial charge in [-0.2, -0.15) is 0 Å². The molecule has 0 amide bonds. The summed E-state index contributed by atoms with van der Waals surface area (Å²) in [6.45, 7) is 5.11. The fourth-order valence-electron chi connectivity index (χ4n) is 3.74. The van der Waals surface area contributed by atoms with Gasteiger partial charge in [0.05, 0.1) is 21.9 Å². The van der Waals surface area contributed by atoms with E-state index in [1.54, 1.807) is 57.2 Å². The van der Waals surface area contributed by atoms with E-state index in [0.717, 1.165) is 11.1 Å². The van der Waals surface area contributed by atoms with E-state index in [4.69, 9.17) is 8.83 Å². The van der Waals surface area contributed by atoms with Gasteiger partial charge < -0.3 is 19.0 Å². The molecule has 0 bridgehead atoms. The largest absolute Gasteiger partial charge is 0.507 e. The van der Waals surface area contributed by atoms with Crippen molar-refractivity contribution >= 4 is 21.9 Å². The number of hydrogen-bond donors (Lipinski definition) is 2. The van der Waals surface area contributed by atoms with Gasteiger partial charge in [-0.05, 0) is 37.1 Å². The molecule has 2 N–H and O–H groups in total. The van der Waals surface area contributed by atoms with Crippen LogP contribution in [0.1, 0.15) is 35.1 Å². The van der Waals surface area contributed by atoms with E-state index in [1.165, 1.54) is 0 Å². The molecule has 0 unspecified atom stereocenters. The van der Waals surface area contributed by atoms with Crippen LogP contribution in [0.2, 0.25) is 0 Å². The Balaban J connectivity index is 2.05. The first kappa shape index (κ1) is 17.9. The first-order chi connectivity index (χ1) is 13.3. The Hall–Kier alpha value is -3.54. The minimum Gasteiger partial charge on any atom is -0.507 e. The lowest BCUT2D eigenvalue weighted by Crippen LogP contribution is -2.18. The first-order valence-electron chi connectivity index (χ1n) is 8.81. The van der Waals surface area contributed by atoms with Crippen LogP contribution in [-0.2, 0) is 0 Å². The maximum absolute atomic E-state index is 12.6. The third-order valence-corrected chi connectivity index (χ3v) is 5.16. The van der Waals surface area contributed by atoms with E-state index in [1.807, 2.05) is 0 Å². The molecule has 4 aromatic rings. The number of rotatable bonds is 2. The number of fused-ring (bicyclic) bond motifs is 2. The van der Waals surface area contributed by atoms with Crippen molar-refractivity contribution < 1.29 is 19.0 Å². The van der Waals surface area contributed by atoms with E-state index in [0.29, 0.717) is 10.8 Å². The third-order valence-electron chi connectivity index (χ3n) is 5.16. The normalized spacial score (nSPS) is 11.6. The van der Waals surface area contributed by atoms with Crippen LogP contribution >= 0.6 is 0 Å². The van der Waals surface area contributed by atoms with Crippen molar-refractivity contribution in [2.45, 2.75) is 26.7 Å². The van der Waals surface area contributed by atoms with Gasteiger partial charge in [0.1, 0.15) is 22.7 Å². The summed E-state index contributed by atoms with van der Waals surface area (Å²) in [6, 6.07) is 10.2. The fourth-order valence-corrected chi connectivity index (χ4v) is 3.74. The van der Waals surface area contributed by atoms with Gasteiger partial charge in [0.15, 0.2) is 0 Å². The minimum atomic E-state index is -0.944. The Morgan fingerprint density at radius 3 is 1.54 bits per heavy atom. The monoisotopic (exact) mass is 378 g/mol. The Labute approximate surface area is 159 Å². The molecule has 2 heterocycles. The first-order valence-corrected chi connectivity index (χ1v) is 8.81. The summed E-state index contributed by atoms with van der Waals surface area (Å²) in [5.74, 6) is -1.47. The second kappa shape index (κ2) is 6.27. The molecule has 2 aromatic carbocycles. The molecule has 0 saturated heterocycles. The van der Waals surface area contributed by atoms with Gasteiger partial charge in [-0.15, -0.1) is 0 Å². The predicted octanol–water partition coefficient (Wildman–Crippen LogP) is 4.08. The lowest BCUT2D eigenvalue weighted by atomic mass is 9.91. The topological polar surface area (TPSA) is 101 Å². The standard InChI is InChI=1S/C22H18O6/c1-10-6-4-8-13-15(10)19(23)17(21(25)27-13)12(3)18-20(24)16-11(2)7-5-9-14(16)28-22(18)26/h4-9,12,23-24H,1-3H3. The highest BCUT2D eigenvalue weighted by Crippen LogP contribution is 2.39. The highest BCUT2D eigenvalue weighted by Gasteiger charge is 2.28. The summed E-state index contributed by atoms with van der Waals surface area (Å²) in [6.07, 6.45) is 0. The highest BCUT2D eigenvalue weighted by atomic mass is 16.4. The summed E-state index contributed by atoms with van der Waals surface area (Å²) >= 11 is 0. The summed E-state index contributed by atoms with van der Waals surface area (Å²) in [4.78, 5) is 25.2. The SMILES string of the molecule is Cc1cccc2oc(=O)c(C(C)c3c(O)c4c(C)cccc4oc3=O)c(O)c12. The molecule has 142 valence electrons. The zero-order valence-electron chi connectivity index (χ0n) is 15.6. The van der Waals surface area contributed by atoms with Crippen molar-refractivity contribution in [2.24, 2.45) is 0 Å². The smallest absolute Gasteiger partial charge is 0.343 e. The second-order valence-electron chi connectivity index (χ2n) is 6.92. The Morgan fingerprint density at radius 2 is 1.14 bits per heavy atom. The van der Waals surface area contributed by atoms with Gasteiger partial charge in [0.25, 0.3) is 0 Å². The van der Waals surface area contributed by atoms with Crippen molar-refractivity contribution in [3.8, 4) is 11.5 Å². The van der Waals surface area contributed by atoms with Crippen LogP contribution in [-0.4, -0.2) is 10.2 Å². The molecule has 6 nitrogen and oxygen atoms in total. The van der Waals surface area contributed by atoms with E-state index >= 15 is 0 Å². The molecule has 0 spiro atoms. The summed E-state index contributed by atoms with van der Waals surface area (Å²) < 4.78 is 10.7. The van der Waals surface area contributed by atoms with Crippen LogP contribution in [0.15, 0.2) is 54.8 Å². The fraction of sp³-hybridized carbons (Fsp3) is 0.182. The Bertz CT molecular complexity index is 1250. The number of hydrogen-bond acceptors (Lipinski definition) is 6. The van der Waals surface area contributed by atoms with Crippen LogP contribution < -0.4 is 11.3 Å². The zero-order valence-corrected chi connectivity index (χ0v) is 15.6. The quantitative estimate of drug-likeness (QED) is 0.510. The van der Waals surface area contributed by atoms with Crippen LogP contribution in [0.4, 0.5) is 0 Å². The number of aryl methyl sites for hydroxylation is 2. The lowest BCUT2D eigenvalue weighted by molar-refractivity contribution is 0.438. The lowest BCUT2D eigenvalue weighted by Gasteiger charge is -2.16. The van der Waals surface area contributed by atoms with Gasteiger partial charge in [-0.1, -0.05) is 31.2 Å². The van der Waals surface area contributed by atoms with Crippen LogP contribution in [0.25, 0.3) is 21.9 Å². The minimum absolute atomic E-state index is 0.0997. The summed E-state index contributed by atoms with van der Waals surface area (Å²) in [7, 11) is 0. The van der Waals surface area contributed by atoms with Crippen LogP contribution in [0.5, 0.6) is 11.5 Å². The Morgan fingerprint density at radius 1 is 0.750 bits per heavy atom. The maximum Gasteiger partial charge on any atom is 0.343 e. The van der Waals surface area contributed by atoms with E-state index in [2.05, 4.69) is 0 Å². The molecule has 4 rings (SSSR count). The van der Waals surface area contributed by atoms with Gasteiger partial charge >= 0.3 is 11.3 Å². The third kappa shape index (κ3) is 2.49. The molecule has 0 aliphatic carbocycles. The highest BCUT2D eigenvalue weighted by molar-refractivity contribution is 5.89. The number of aromatic hydroxyl groups is 2. The molecule has 0 saturated carbocycles. The average molecular weight is 378 g/mol. The number of benzene rings is 2. The van der Waals surface area contributed by atoms with Gasteiger partial charge in [0, 0.05) is 5.92 Å². The average Bonchev–Trinajstić information content (AvgIpc) is 2.61. The summed E-state index contributed by atoms with van der Waals surface area (Å²) in [5.41, 5.74) is 0.206. The molecule has 6 heteroatoms. The second-order valence-corrected chi connectivity index (χ2v) is 6.92. The maximum atomic E-state index is 12.6.